The molecule has 0 aliphatic rings. The van der Waals surface area contributed by atoms with E-state index in [9.17, 15) is 0 Å². The molecule has 0 heterocycles. The molecule has 0 spiro atoms. The Morgan fingerprint density at radius 2 is 1.14 bits per heavy atom. The highest BCUT2D eigenvalue weighted by molar-refractivity contribution is 5.10. The van der Waals surface area contributed by atoms with E-state index in [-0.39, 0.29) is 0 Å². The Morgan fingerprint density at radius 3 is 1.55 bits per heavy atom. The first-order valence-corrected chi connectivity index (χ1v) is 9.95. The minimum Gasteiger partial charge on any atom is -0.0961 e. The fourth-order valence-corrected chi connectivity index (χ4v) is 2.87. The van der Waals surface area contributed by atoms with Crippen molar-refractivity contribution in [3.63, 3.8) is 0 Å². The average molecular weight is 307 g/mol. The van der Waals surface area contributed by atoms with Crippen LogP contribution in [0.2, 0.25) is 0 Å². The zero-order valence-electron chi connectivity index (χ0n) is 15.8. The summed E-state index contributed by atoms with van der Waals surface area (Å²) in [5.41, 5.74) is 1.17. The second-order valence-electron chi connectivity index (χ2n) is 7.46. The van der Waals surface area contributed by atoms with Gasteiger partial charge in [-0.05, 0) is 25.7 Å². The molecule has 0 unspecified atom stereocenters. The molecule has 0 aromatic carbocycles. The number of allylic oxidation sites excluding steroid dienone is 3. The lowest BCUT2D eigenvalue weighted by Gasteiger charge is -2.04. The number of hydrogen-bond donors (Lipinski definition) is 0. The smallest absolute Gasteiger partial charge is 0.0348 e. The Labute approximate surface area is 141 Å². The van der Waals surface area contributed by atoms with Gasteiger partial charge in [-0.25, -0.2) is 0 Å². The van der Waals surface area contributed by atoms with Gasteiger partial charge >= 0.3 is 0 Å². The van der Waals surface area contributed by atoms with Gasteiger partial charge in [0.25, 0.3) is 0 Å². The Bertz CT molecular complexity index is 259. The van der Waals surface area contributed by atoms with Gasteiger partial charge in [-0.3, -0.25) is 0 Å². The van der Waals surface area contributed by atoms with Crippen LogP contribution in [-0.4, -0.2) is 0 Å². The molecule has 0 aliphatic carbocycles. The minimum absolute atomic E-state index is 0.891. The maximum Gasteiger partial charge on any atom is -0.0348 e. The predicted molar refractivity (Wildman–Crippen MR) is 103 cm³/mol. The van der Waals surface area contributed by atoms with Crippen molar-refractivity contribution in [1.29, 1.82) is 0 Å². The number of unbranched alkanes of at least 4 members (excludes halogenated alkanes) is 12. The predicted octanol–water partition coefficient (Wildman–Crippen LogP) is 8.24. The first kappa shape index (κ1) is 21.5. The van der Waals surface area contributed by atoms with Crippen LogP contribution >= 0.6 is 0 Å². The van der Waals surface area contributed by atoms with Crippen molar-refractivity contribution in [2.75, 3.05) is 0 Å². The molecule has 0 aliphatic heterocycles. The second kappa shape index (κ2) is 16.8. The van der Waals surface area contributed by atoms with Crippen molar-refractivity contribution >= 4 is 0 Å². The minimum atomic E-state index is 0.891. The molecule has 0 aromatic rings. The van der Waals surface area contributed by atoms with Gasteiger partial charge in [0.1, 0.15) is 0 Å². The topological polar surface area (TPSA) is 0 Å². The molecule has 22 heavy (non-hydrogen) atoms. The van der Waals surface area contributed by atoms with Crippen LogP contribution in [0, 0.1) is 5.92 Å². The summed E-state index contributed by atoms with van der Waals surface area (Å²) in [5.74, 6) is 0.891. The van der Waals surface area contributed by atoms with Crippen molar-refractivity contribution in [3.8, 4) is 0 Å². The summed E-state index contributed by atoms with van der Waals surface area (Å²) in [7, 11) is 0. The molecule has 0 atom stereocenters. The van der Waals surface area contributed by atoms with Crippen molar-refractivity contribution in [1.82, 2.24) is 0 Å². The van der Waals surface area contributed by atoms with Gasteiger partial charge in [-0.2, -0.15) is 0 Å². The third-order valence-corrected chi connectivity index (χ3v) is 4.30. The van der Waals surface area contributed by atoms with E-state index < -0.39 is 0 Å². The lowest BCUT2D eigenvalue weighted by molar-refractivity contribution is 0.503. The van der Waals surface area contributed by atoms with E-state index in [0.717, 1.165) is 5.92 Å². The summed E-state index contributed by atoms with van der Waals surface area (Å²) in [6.07, 6.45) is 24.3. The van der Waals surface area contributed by atoms with E-state index >= 15 is 0 Å². The monoisotopic (exact) mass is 306 g/mol. The molecule has 0 radical (unpaired) electrons. The molecule has 0 nitrogen and oxygen atoms in total. The van der Waals surface area contributed by atoms with E-state index in [1.807, 2.05) is 0 Å². The van der Waals surface area contributed by atoms with E-state index in [2.05, 4.69) is 39.5 Å². The third kappa shape index (κ3) is 19.5. The second-order valence-corrected chi connectivity index (χ2v) is 7.46. The van der Waals surface area contributed by atoms with Gasteiger partial charge in [0.15, 0.2) is 0 Å². The molecular formula is C22H42. The first-order chi connectivity index (χ1) is 10.6. The third-order valence-electron chi connectivity index (χ3n) is 4.30. The molecule has 0 bridgehead atoms. The quantitative estimate of drug-likeness (QED) is 0.199. The van der Waals surface area contributed by atoms with Crippen LogP contribution in [-0.2, 0) is 0 Å². The Hall–Kier alpha value is -0.520. The summed E-state index contributed by atoms with van der Waals surface area (Å²) in [4.78, 5) is 0. The zero-order valence-corrected chi connectivity index (χ0v) is 15.8. The first-order valence-electron chi connectivity index (χ1n) is 9.95. The highest BCUT2D eigenvalue weighted by atomic mass is 14.0. The van der Waals surface area contributed by atoms with E-state index in [1.165, 1.54) is 95.5 Å². The molecule has 0 heteroatoms. The van der Waals surface area contributed by atoms with Gasteiger partial charge in [0.05, 0.1) is 0 Å². The van der Waals surface area contributed by atoms with Crippen molar-refractivity contribution in [3.05, 3.63) is 24.3 Å². The summed E-state index contributed by atoms with van der Waals surface area (Å²) >= 11 is 0. The van der Waals surface area contributed by atoms with Crippen LogP contribution in [0.15, 0.2) is 24.3 Å². The molecule has 0 saturated heterocycles. The molecule has 0 fully saturated rings. The fourth-order valence-electron chi connectivity index (χ4n) is 2.87. The Morgan fingerprint density at radius 1 is 0.727 bits per heavy atom. The van der Waals surface area contributed by atoms with Gasteiger partial charge in [-0.15, -0.1) is 0 Å². The fraction of sp³-hybridized carbons (Fsp3) is 0.818. The molecule has 130 valence electrons. The van der Waals surface area contributed by atoms with Crippen molar-refractivity contribution in [2.24, 2.45) is 5.92 Å². The molecule has 0 rings (SSSR count). The van der Waals surface area contributed by atoms with Gasteiger partial charge < -0.3 is 0 Å². The van der Waals surface area contributed by atoms with Crippen LogP contribution in [0.5, 0.6) is 0 Å². The molecule has 0 saturated carbocycles. The molecular weight excluding hydrogens is 264 g/mol. The zero-order chi connectivity index (χ0) is 16.5. The van der Waals surface area contributed by atoms with Crippen LogP contribution < -0.4 is 0 Å². The van der Waals surface area contributed by atoms with E-state index in [4.69, 9.17) is 0 Å². The Kier molecular flexibility index (Phi) is 16.4. The van der Waals surface area contributed by atoms with Gasteiger partial charge in [0.2, 0.25) is 0 Å². The van der Waals surface area contributed by atoms with E-state index in [1.54, 1.807) is 0 Å². The van der Waals surface area contributed by atoms with Crippen LogP contribution in [0.25, 0.3) is 0 Å². The molecule has 0 amide bonds. The maximum absolute atomic E-state index is 3.88. The summed E-state index contributed by atoms with van der Waals surface area (Å²) in [6.45, 7) is 10.6. The van der Waals surface area contributed by atoms with Crippen molar-refractivity contribution < 1.29 is 0 Å². The largest absolute Gasteiger partial charge is 0.0961 e. The summed E-state index contributed by atoms with van der Waals surface area (Å²) < 4.78 is 0. The van der Waals surface area contributed by atoms with Gasteiger partial charge in [-0.1, -0.05) is 115 Å². The lowest BCUT2D eigenvalue weighted by atomic mass is 10.0. The average Bonchev–Trinajstić information content (AvgIpc) is 2.46. The lowest BCUT2D eigenvalue weighted by Crippen LogP contribution is -1.87. The van der Waals surface area contributed by atoms with Gasteiger partial charge in [0, 0.05) is 0 Å². The van der Waals surface area contributed by atoms with Crippen LogP contribution in [0.3, 0.4) is 0 Å². The Balaban J connectivity index is 3.04. The maximum atomic E-state index is 3.88. The SMILES string of the molecule is C=C(C)C=CCCCCCCCCCCCCCCC(C)C. The highest BCUT2D eigenvalue weighted by Gasteiger charge is 1.95. The molecule has 0 N–H and O–H groups in total. The number of hydrogen-bond acceptors (Lipinski definition) is 0. The summed E-state index contributed by atoms with van der Waals surface area (Å²) in [6, 6.07) is 0. The van der Waals surface area contributed by atoms with Crippen LogP contribution in [0.1, 0.15) is 111 Å². The molecule has 0 aromatic heterocycles. The summed E-state index contributed by atoms with van der Waals surface area (Å²) in [5, 5.41) is 0. The standard InChI is InChI=1S/C22H42/c1-21(2)19-17-15-13-11-9-7-5-6-8-10-12-14-16-18-20-22(3)4/h17,19,22H,1,5-16,18,20H2,2-4H3. The highest BCUT2D eigenvalue weighted by Crippen LogP contribution is 2.14. The van der Waals surface area contributed by atoms with Crippen LogP contribution in [0.4, 0.5) is 0 Å². The number of rotatable bonds is 16. The van der Waals surface area contributed by atoms with E-state index in [0.29, 0.717) is 0 Å². The van der Waals surface area contributed by atoms with Crippen molar-refractivity contribution in [2.45, 2.75) is 111 Å². The normalized spacial score (nSPS) is 11.6.